The molecular formula is C16H19ClN2O. The molecule has 1 aromatic carbocycles. The summed E-state index contributed by atoms with van der Waals surface area (Å²) in [6.45, 7) is 5.41. The molecule has 4 heteroatoms. The predicted molar refractivity (Wildman–Crippen MR) is 82.0 cm³/mol. The van der Waals surface area contributed by atoms with Crippen LogP contribution in [0.5, 0.6) is 5.75 Å². The molecule has 0 amide bonds. The van der Waals surface area contributed by atoms with E-state index in [4.69, 9.17) is 16.3 Å². The van der Waals surface area contributed by atoms with Crippen LogP contribution in [0.25, 0.3) is 0 Å². The molecule has 0 radical (unpaired) electrons. The fourth-order valence-corrected chi connectivity index (χ4v) is 1.92. The van der Waals surface area contributed by atoms with Crippen molar-refractivity contribution in [3.8, 4) is 5.75 Å². The van der Waals surface area contributed by atoms with Gasteiger partial charge in [-0.2, -0.15) is 0 Å². The second-order valence-electron chi connectivity index (χ2n) is 4.87. The minimum absolute atomic E-state index is 0.416. The van der Waals surface area contributed by atoms with Crippen molar-refractivity contribution >= 4 is 11.6 Å². The Kier molecular flexibility index (Phi) is 5.39. The molecule has 0 spiro atoms. The average Bonchev–Trinajstić information content (AvgIpc) is 2.45. The van der Waals surface area contributed by atoms with Crippen molar-refractivity contribution in [1.29, 1.82) is 0 Å². The highest BCUT2D eigenvalue weighted by Crippen LogP contribution is 2.23. The maximum absolute atomic E-state index is 6.05. The molecule has 0 aliphatic heterocycles. The second kappa shape index (κ2) is 7.27. The molecule has 0 fully saturated rings. The number of benzene rings is 1. The summed E-state index contributed by atoms with van der Waals surface area (Å²) in [5.41, 5.74) is 1.91. The normalized spacial score (nSPS) is 10.8. The number of para-hydroxylation sites is 1. The van der Waals surface area contributed by atoms with Gasteiger partial charge in [0, 0.05) is 12.6 Å². The monoisotopic (exact) mass is 290 g/mol. The SMILES string of the molecule is CC(C)NCc1cccc(COc2ccccc2Cl)n1. The van der Waals surface area contributed by atoms with Gasteiger partial charge in [-0.05, 0) is 24.3 Å². The number of nitrogens with zero attached hydrogens (tertiary/aromatic N) is 1. The molecule has 0 saturated carbocycles. The first-order valence-electron chi connectivity index (χ1n) is 6.70. The minimum Gasteiger partial charge on any atom is -0.486 e. The third-order valence-corrected chi connectivity index (χ3v) is 3.08. The molecule has 1 aromatic heterocycles. The van der Waals surface area contributed by atoms with Gasteiger partial charge in [0.25, 0.3) is 0 Å². The van der Waals surface area contributed by atoms with Crippen molar-refractivity contribution in [3.05, 3.63) is 58.9 Å². The first-order valence-corrected chi connectivity index (χ1v) is 7.08. The summed E-state index contributed by atoms with van der Waals surface area (Å²) in [6.07, 6.45) is 0. The molecule has 106 valence electrons. The van der Waals surface area contributed by atoms with E-state index >= 15 is 0 Å². The van der Waals surface area contributed by atoms with Crippen LogP contribution < -0.4 is 10.1 Å². The van der Waals surface area contributed by atoms with E-state index in [9.17, 15) is 0 Å². The average molecular weight is 291 g/mol. The molecule has 2 aromatic rings. The molecule has 0 unspecified atom stereocenters. The van der Waals surface area contributed by atoms with Crippen LogP contribution in [0, 0.1) is 0 Å². The van der Waals surface area contributed by atoms with E-state index < -0.39 is 0 Å². The quantitative estimate of drug-likeness (QED) is 0.878. The molecule has 2 rings (SSSR count). The van der Waals surface area contributed by atoms with E-state index in [0.29, 0.717) is 23.4 Å². The summed E-state index contributed by atoms with van der Waals surface area (Å²) in [4.78, 5) is 4.56. The highest BCUT2D eigenvalue weighted by atomic mass is 35.5. The van der Waals surface area contributed by atoms with E-state index in [-0.39, 0.29) is 0 Å². The lowest BCUT2D eigenvalue weighted by Gasteiger charge is -2.10. The molecule has 0 bridgehead atoms. The standard InChI is InChI=1S/C16H19ClN2O/c1-12(2)18-10-13-6-5-7-14(19-13)11-20-16-9-4-3-8-15(16)17/h3-9,12,18H,10-11H2,1-2H3. The van der Waals surface area contributed by atoms with Crippen molar-refractivity contribution in [1.82, 2.24) is 10.3 Å². The van der Waals surface area contributed by atoms with Gasteiger partial charge >= 0.3 is 0 Å². The molecule has 0 aliphatic carbocycles. The Labute approximate surface area is 124 Å². The lowest BCUT2D eigenvalue weighted by atomic mass is 10.3. The number of nitrogens with one attached hydrogen (secondary N) is 1. The molecule has 1 N–H and O–H groups in total. The zero-order valence-corrected chi connectivity index (χ0v) is 12.5. The Morgan fingerprint density at radius 1 is 1.10 bits per heavy atom. The summed E-state index contributed by atoms with van der Waals surface area (Å²) >= 11 is 6.05. The summed E-state index contributed by atoms with van der Waals surface area (Å²) in [5.74, 6) is 0.682. The van der Waals surface area contributed by atoms with Gasteiger partial charge in [0.15, 0.2) is 0 Å². The summed E-state index contributed by atoms with van der Waals surface area (Å²) in [7, 11) is 0. The number of pyridine rings is 1. The number of ether oxygens (including phenoxy) is 1. The van der Waals surface area contributed by atoms with Crippen molar-refractivity contribution in [2.45, 2.75) is 33.0 Å². The van der Waals surface area contributed by atoms with Gasteiger partial charge in [0.2, 0.25) is 0 Å². The smallest absolute Gasteiger partial charge is 0.138 e. The van der Waals surface area contributed by atoms with Crippen molar-refractivity contribution < 1.29 is 4.74 Å². The van der Waals surface area contributed by atoms with Gasteiger partial charge in [0.05, 0.1) is 16.4 Å². The first-order chi connectivity index (χ1) is 9.65. The van der Waals surface area contributed by atoms with Crippen LogP contribution >= 0.6 is 11.6 Å². The Morgan fingerprint density at radius 2 is 1.85 bits per heavy atom. The van der Waals surface area contributed by atoms with E-state index in [1.807, 2.05) is 42.5 Å². The third kappa shape index (κ3) is 4.51. The predicted octanol–water partition coefficient (Wildman–Crippen LogP) is 3.81. The Hall–Kier alpha value is -1.58. The molecule has 0 aliphatic rings. The van der Waals surface area contributed by atoms with Gasteiger partial charge in [-0.1, -0.05) is 43.6 Å². The van der Waals surface area contributed by atoms with Gasteiger partial charge < -0.3 is 10.1 Å². The minimum atomic E-state index is 0.416. The maximum Gasteiger partial charge on any atom is 0.138 e. The number of hydrogen-bond donors (Lipinski definition) is 1. The summed E-state index contributed by atoms with van der Waals surface area (Å²) in [5, 5.41) is 3.96. The summed E-state index contributed by atoms with van der Waals surface area (Å²) < 4.78 is 5.69. The zero-order valence-electron chi connectivity index (χ0n) is 11.8. The Morgan fingerprint density at radius 3 is 2.60 bits per heavy atom. The number of halogens is 1. The zero-order chi connectivity index (χ0) is 14.4. The van der Waals surface area contributed by atoms with Gasteiger partial charge in [-0.15, -0.1) is 0 Å². The van der Waals surface area contributed by atoms with Crippen LogP contribution in [0.2, 0.25) is 5.02 Å². The number of aromatic nitrogens is 1. The largest absolute Gasteiger partial charge is 0.486 e. The van der Waals surface area contributed by atoms with Gasteiger partial charge in [0.1, 0.15) is 12.4 Å². The first kappa shape index (κ1) is 14.8. The molecule has 1 heterocycles. The van der Waals surface area contributed by atoms with Crippen LogP contribution in [0.15, 0.2) is 42.5 Å². The lowest BCUT2D eigenvalue weighted by molar-refractivity contribution is 0.301. The van der Waals surface area contributed by atoms with Gasteiger partial charge in [-0.25, -0.2) is 0 Å². The number of hydrogen-bond acceptors (Lipinski definition) is 3. The van der Waals surface area contributed by atoms with Crippen LogP contribution in [0.1, 0.15) is 25.2 Å². The lowest BCUT2D eigenvalue weighted by Crippen LogP contribution is -2.22. The summed E-state index contributed by atoms with van der Waals surface area (Å²) in [6, 6.07) is 13.8. The van der Waals surface area contributed by atoms with E-state index in [2.05, 4.69) is 24.1 Å². The van der Waals surface area contributed by atoms with E-state index in [1.165, 1.54) is 0 Å². The fourth-order valence-electron chi connectivity index (χ4n) is 1.73. The highest BCUT2D eigenvalue weighted by molar-refractivity contribution is 6.32. The molecule has 20 heavy (non-hydrogen) atoms. The van der Waals surface area contributed by atoms with E-state index in [1.54, 1.807) is 0 Å². The Bertz CT molecular complexity index is 558. The number of rotatable bonds is 6. The third-order valence-electron chi connectivity index (χ3n) is 2.77. The molecule has 0 atom stereocenters. The van der Waals surface area contributed by atoms with E-state index in [0.717, 1.165) is 17.9 Å². The van der Waals surface area contributed by atoms with Crippen molar-refractivity contribution in [2.24, 2.45) is 0 Å². The molecule has 0 saturated heterocycles. The highest BCUT2D eigenvalue weighted by Gasteiger charge is 2.03. The molecular weight excluding hydrogens is 272 g/mol. The second-order valence-corrected chi connectivity index (χ2v) is 5.28. The molecule has 3 nitrogen and oxygen atoms in total. The maximum atomic E-state index is 6.05. The topological polar surface area (TPSA) is 34.1 Å². The van der Waals surface area contributed by atoms with Gasteiger partial charge in [-0.3, -0.25) is 4.98 Å². The van der Waals surface area contributed by atoms with Crippen LogP contribution in [-0.2, 0) is 13.2 Å². The van der Waals surface area contributed by atoms with Crippen LogP contribution in [0.3, 0.4) is 0 Å². The fraction of sp³-hybridized carbons (Fsp3) is 0.312. The van der Waals surface area contributed by atoms with Crippen LogP contribution in [-0.4, -0.2) is 11.0 Å². The van der Waals surface area contributed by atoms with Crippen molar-refractivity contribution in [2.75, 3.05) is 0 Å². The van der Waals surface area contributed by atoms with Crippen LogP contribution in [0.4, 0.5) is 0 Å². The van der Waals surface area contributed by atoms with Crippen molar-refractivity contribution in [3.63, 3.8) is 0 Å². The Balaban J connectivity index is 1.96.